The van der Waals surface area contributed by atoms with Crippen LogP contribution in [0.5, 0.6) is 0 Å². The first-order valence-corrected chi connectivity index (χ1v) is 8.41. The van der Waals surface area contributed by atoms with E-state index in [9.17, 15) is 10.1 Å². The van der Waals surface area contributed by atoms with Crippen molar-refractivity contribution in [1.29, 1.82) is 5.26 Å². The SMILES string of the molecule is CCCc1cc(=O)[nH]c(SCCCC(C#N)(CC)NC)n1. The first kappa shape index (κ1) is 17.7. The van der Waals surface area contributed by atoms with Crippen LogP contribution in [0.1, 0.15) is 45.2 Å². The minimum atomic E-state index is -0.439. The summed E-state index contributed by atoms with van der Waals surface area (Å²) in [5, 5.41) is 13.0. The summed E-state index contributed by atoms with van der Waals surface area (Å²) in [5.74, 6) is 0.837. The Bertz CT molecular complexity index is 531. The molecule has 0 saturated heterocycles. The highest BCUT2D eigenvalue weighted by atomic mass is 32.2. The number of thioether (sulfide) groups is 1. The number of aryl methyl sites for hydroxylation is 1. The average Bonchev–Trinajstić information content (AvgIpc) is 2.48. The fourth-order valence-electron chi connectivity index (χ4n) is 2.15. The summed E-state index contributed by atoms with van der Waals surface area (Å²) >= 11 is 1.54. The van der Waals surface area contributed by atoms with Crippen LogP contribution in [0.2, 0.25) is 0 Å². The Hall–Kier alpha value is -1.32. The van der Waals surface area contributed by atoms with E-state index in [2.05, 4.69) is 28.3 Å². The number of rotatable bonds is 9. The van der Waals surface area contributed by atoms with Gasteiger partial charge in [0.25, 0.3) is 5.56 Å². The van der Waals surface area contributed by atoms with Crippen molar-refractivity contribution >= 4 is 11.8 Å². The van der Waals surface area contributed by atoms with Gasteiger partial charge < -0.3 is 10.3 Å². The van der Waals surface area contributed by atoms with Crippen molar-refractivity contribution in [1.82, 2.24) is 15.3 Å². The summed E-state index contributed by atoms with van der Waals surface area (Å²) in [6.45, 7) is 4.08. The van der Waals surface area contributed by atoms with Gasteiger partial charge in [-0.1, -0.05) is 32.0 Å². The molecule has 1 unspecified atom stereocenters. The Labute approximate surface area is 130 Å². The minimum Gasteiger partial charge on any atom is -0.302 e. The van der Waals surface area contributed by atoms with Gasteiger partial charge in [0, 0.05) is 17.5 Å². The quantitative estimate of drug-likeness (QED) is 0.416. The van der Waals surface area contributed by atoms with Gasteiger partial charge in [0.1, 0.15) is 5.54 Å². The standard InChI is InChI=1S/C15H24N4OS/c1-4-7-12-10-13(20)19-14(18-12)21-9-6-8-15(5-2,11-16)17-3/h10,17H,4-9H2,1-3H3,(H,18,19,20). The molecule has 6 heteroatoms. The molecule has 0 radical (unpaired) electrons. The van der Waals surface area contributed by atoms with Crippen LogP contribution in [0.15, 0.2) is 16.0 Å². The summed E-state index contributed by atoms with van der Waals surface area (Å²) in [5.41, 5.74) is 0.316. The number of hydrogen-bond acceptors (Lipinski definition) is 5. The van der Waals surface area contributed by atoms with Crippen LogP contribution >= 0.6 is 11.8 Å². The lowest BCUT2D eigenvalue weighted by Crippen LogP contribution is -2.40. The summed E-state index contributed by atoms with van der Waals surface area (Å²) in [6, 6.07) is 3.92. The van der Waals surface area contributed by atoms with E-state index in [0.717, 1.165) is 43.6 Å². The third-order valence-electron chi connectivity index (χ3n) is 3.56. The molecule has 1 aromatic rings. The molecule has 2 N–H and O–H groups in total. The van der Waals surface area contributed by atoms with Crippen LogP contribution in [0.3, 0.4) is 0 Å². The van der Waals surface area contributed by atoms with Gasteiger partial charge in [-0.15, -0.1) is 0 Å². The molecule has 0 bridgehead atoms. The van der Waals surface area contributed by atoms with Crippen molar-refractivity contribution in [3.05, 3.63) is 22.1 Å². The smallest absolute Gasteiger partial charge is 0.251 e. The van der Waals surface area contributed by atoms with Gasteiger partial charge in [0.2, 0.25) is 0 Å². The number of nitrogens with one attached hydrogen (secondary N) is 2. The molecule has 0 spiro atoms. The molecule has 0 amide bonds. The molecule has 1 atom stereocenters. The maximum absolute atomic E-state index is 11.6. The molecular weight excluding hydrogens is 284 g/mol. The third kappa shape index (κ3) is 5.52. The van der Waals surface area contributed by atoms with Gasteiger partial charge in [-0.3, -0.25) is 4.79 Å². The van der Waals surface area contributed by atoms with Gasteiger partial charge in [-0.2, -0.15) is 5.26 Å². The second kappa shape index (κ2) is 8.85. The van der Waals surface area contributed by atoms with Crippen molar-refractivity contribution in [3.63, 3.8) is 0 Å². The molecule has 5 nitrogen and oxygen atoms in total. The van der Waals surface area contributed by atoms with Crippen LogP contribution < -0.4 is 10.9 Å². The predicted molar refractivity (Wildman–Crippen MR) is 86.5 cm³/mol. The topological polar surface area (TPSA) is 81.6 Å². The zero-order valence-corrected chi connectivity index (χ0v) is 13.8. The first-order valence-electron chi connectivity index (χ1n) is 7.42. The van der Waals surface area contributed by atoms with Crippen LogP contribution in [-0.2, 0) is 6.42 Å². The van der Waals surface area contributed by atoms with E-state index in [1.54, 1.807) is 17.8 Å². The van der Waals surface area contributed by atoms with Gasteiger partial charge >= 0.3 is 0 Å². The molecule has 0 aliphatic rings. The molecule has 0 aliphatic heterocycles. The number of nitriles is 1. The molecular formula is C15H24N4OS. The average molecular weight is 308 g/mol. The highest BCUT2D eigenvalue weighted by Crippen LogP contribution is 2.20. The van der Waals surface area contributed by atoms with Crippen LogP contribution in [-0.4, -0.2) is 28.3 Å². The van der Waals surface area contributed by atoms with Crippen molar-refractivity contribution in [2.24, 2.45) is 0 Å². The van der Waals surface area contributed by atoms with E-state index < -0.39 is 5.54 Å². The molecule has 0 aromatic carbocycles. The number of aromatic amines is 1. The zero-order chi connectivity index (χ0) is 15.7. The summed E-state index contributed by atoms with van der Waals surface area (Å²) < 4.78 is 0. The monoisotopic (exact) mass is 308 g/mol. The summed E-state index contributed by atoms with van der Waals surface area (Å²) in [6.07, 6.45) is 4.28. The van der Waals surface area contributed by atoms with Crippen molar-refractivity contribution in [2.75, 3.05) is 12.8 Å². The molecule has 1 rings (SSSR count). The largest absolute Gasteiger partial charge is 0.302 e. The number of H-pyrrole nitrogens is 1. The zero-order valence-electron chi connectivity index (χ0n) is 13.0. The lowest BCUT2D eigenvalue weighted by molar-refractivity contribution is 0.400. The van der Waals surface area contributed by atoms with Crippen LogP contribution in [0, 0.1) is 11.3 Å². The molecule has 0 aliphatic carbocycles. The van der Waals surface area contributed by atoms with E-state index in [-0.39, 0.29) is 5.56 Å². The molecule has 0 saturated carbocycles. The van der Waals surface area contributed by atoms with E-state index in [1.165, 1.54) is 0 Å². The molecule has 0 fully saturated rings. The third-order valence-corrected chi connectivity index (χ3v) is 4.52. The highest BCUT2D eigenvalue weighted by Gasteiger charge is 2.24. The Morgan fingerprint density at radius 3 is 2.86 bits per heavy atom. The van der Waals surface area contributed by atoms with Crippen LogP contribution in [0.25, 0.3) is 0 Å². The fraction of sp³-hybridized carbons (Fsp3) is 0.667. The Morgan fingerprint density at radius 1 is 1.52 bits per heavy atom. The van der Waals surface area contributed by atoms with Crippen molar-refractivity contribution in [3.8, 4) is 6.07 Å². The second-order valence-corrected chi connectivity index (χ2v) is 6.12. The van der Waals surface area contributed by atoms with E-state index in [0.29, 0.717) is 5.16 Å². The minimum absolute atomic E-state index is 0.0916. The number of hydrogen-bond donors (Lipinski definition) is 2. The molecule has 1 heterocycles. The van der Waals surface area contributed by atoms with E-state index >= 15 is 0 Å². The normalized spacial score (nSPS) is 13.6. The van der Waals surface area contributed by atoms with Gasteiger partial charge in [-0.25, -0.2) is 4.98 Å². The van der Waals surface area contributed by atoms with Crippen molar-refractivity contribution < 1.29 is 0 Å². The van der Waals surface area contributed by atoms with E-state index in [1.807, 2.05) is 14.0 Å². The lowest BCUT2D eigenvalue weighted by atomic mass is 9.93. The molecule has 116 valence electrons. The number of aromatic nitrogens is 2. The first-order chi connectivity index (χ1) is 10.1. The highest BCUT2D eigenvalue weighted by molar-refractivity contribution is 7.99. The summed E-state index contributed by atoms with van der Waals surface area (Å²) in [7, 11) is 1.83. The predicted octanol–water partition coefficient (Wildman–Crippen LogP) is 2.49. The number of nitrogens with zero attached hydrogens (tertiary/aromatic N) is 2. The Morgan fingerprint density at radius 2 is 2.29 bits per heavy atom. The molecule has 21 heavy (non-hydrogen) atoms. The van der Waals surface area contributed by atoms with Gasteiger partial charge in [0.15, 0.2) is 5.16 Å². The van der Waals surface area contributed by atoms with Gasteiger partial charge in [-0.05, 0) is 32.7 Å². The van der Waals surface area contributed by atoms with Crippen LogP contribution in [0.4, 0.5) is 0 Å². The molecule has 1 aromatic heterocycles. The Balaban J connectivity index is 2.53. The van der Waals surface area contributed by atoms with Crippen molar-refractivity contribution in [2.45, 2.75) is 56.6 Å². The van der Waals surface area contributed by atoms with E-state index in [4.69, 9.17) is 0 Å². The fourth-order valence-corrected chi connectivity index (χ4v) is 2.98. The van der Waals surface area contributed by atoms with Gasteiger partial charge in [0.05, 0.1) is 6.07 Å². The Kier molecular flexibility index (Phi) is 7.48. The maximum Gasteiger partial charge on any atom is 0.251 e. The lowest BCUT2D eigenvalue weighted by Gasteiger charge is -2.24. The second-order valence-electron chi connectivity index (χ2n) is 5.04. The maximum atomic E-state index is 11.6. The summed E-state index contributed by atoms with van der Waals surface area (Å²) in [4.78, 5) is 18.8.